The summed E-state index contributed by atoms with van der Waals surface area (Å²) >= 11 is 0. The first kappa shape index (κ1) is 22.0. The number of aromatic nitrogens is 4. The zero-order valence-corrected chi connectivity index (χ0v) is 18.4. The second-order valence-corrected chi connectivity index (χ2v) is 8.22. The largest absolute Gasteiger partial charge is 0.416 e. The number of hydrogen-bond donors (Lipinski definition) is 1. The van der Waals surface area contributed by atoms with Crippen molar-refractivity contribution in [3.8, 4) is 11.4 Å². The summed E-state index contributed by atoms with van der Waals surface area (Å²) in [5, 5.41) is 14.1. The first-order chi connectivity index (χ1) is 16.2. The average molecular weight is 467 g/mol. The lowest BCUT2D eigenvalue weighted by Gasteiger charge is -2.29. The summed E-state index contributed by atoms with van der Waals surface area (Å²) < 4.78 is 40.5. The highest BCUT2D eigenvalue weighted by molar-refractivity contribution is 6.07. The van der Waals surface area contributed by atoms with E-state index in [1.54, 1.807) is 22.6 Å². The Bertz CT molecular complexity index is 1440. The van der Waals surface area contributed by atoms with Crippen molar-refractivity contribution in [3.63, 3.8) is 0 Å². The van der Waals surface area contributed by atoms with Gasteiger partial charge in [-0.25, -0.2) is 9.97 Å². The van der Waals surface area contributed by atoms with E-state index in [9.17, 15) is 23.1 Å². The van der Waals surface area contributed by atoms with E-state index < -0.39 is 11.7 Å². The third-order valence-electron chi connectivity index (χ3n) is 6.07. The van der Waals surface area contributed by atoms with Crippen molar-refractivity contribution in [2.24, 2.45) is 0 Å². The van der Waals surface area contributed by atoms with Crippen molar-refractivity contribution in [3.05, 3.63) is 70.7 Å². The van der Waals surface area contributed by atoms with Gasteiger partial charge in [-0.2, -0.15) is 18.3 Å². The van der Waals surface area contributed by atoms with Crippen molar-refractivity contribution in [2.45, 2.75) is 33.2 Å². The number of nitrogens with zero attached hydrogens (tertiary/aromatic N) is 5. The number of aryl methyl sites for hydroxylation is 1. The molecule has 0 bridgehead atoms. The quantitative estimate of drug-likeness (QED) is 0.486. The molecule has 0 saturated carbocycles. The number of rotatable bonds is 3. The van der Waals surface area contributed by atoms with Crippen LogP contribution in [0.15, 0.2) is 42.6 Å². The molecule has 1 aliphatic heterocycles. The zero-order chi connectivity index (χ0) is 24.2. The maximum atomic E-state index is 13.2. The maximum Gasteiger partial charge on any atom is 0.416 e. The van der Waals surface area contributed by atoms with Crippen LogP contribution in [0, 0.1) is 13.8 Å². The fourth-order valence-corrected chi connectivity index (χ4v) is 4.28. The Labute approximate surface area is 192 Å². The van der Waals surface area contributed by atoms with Crippen LogP contribution < -0.4 is 4.90 Å². The van der Waals surface area contributed by atoms with Gasteiger partial charge in [0.05, 0.1) is 29.9 Å². The predicted molar refractivity (Wildman–Crippen MR) is 119 cm³/mol. The first-order valence-corrected chi connectivity index (χ1v) is 10.6. The second kappa shape index (κ2) is 7.91. The SMILES string of the molecule is Cc1cc(-c2ncc3cc(C(F)(F)F)ccc3n2)ccc1N1CCn2nc(CO)c(C)c2C1=O. The monoisotopic (exact) mass is 467 g/mol. The van der Waals surface area contributed by atoms with Crippen LogP contribution in [0.4, 0.5) is 18.9 Å². The van der Waals surface area contributed by atoms with E-state index in [-0.39, 0.29) is 12.5 Å². The average Bonchev–Trinajstić information content (AvgIpc) is 3.14. The summed E-state index contributed by atoms with van der Waals surface area (Å²) in [7, 11) is 0. The number of anilines is 1. The van der Waals surface area contributed by atoms with Crippen LogP contribution in [0.2, 0.25) is 0 Å². The molecule has 0 saturated heterocycles. The minimum absolute atomic E-state index is 0.186. The summed E-state index contributed by atoms with van der Waals surface area (Å²) in [5.74, 6) is 0.197. The van der Waals surface area contributed by atoms with Crippen molar-refractivity contribution in [1.29, 1.82) is 0 Å². The molecule has 0 unspecified atom stereocenters. The molecule has 0 spiro atoms. The number of aliphatic hydroxyl groups excluding tert-OH is 1. The molecule has 2 aromatic carbocycles. The Morgan fingerprint density at radius 2 is 1.88 bits per heavy atom. The van der Waals surface area contributed by atoms with Gasteiger partial charge in [-0.15, -0.1) is 0 Å². The van der Waals surface area contributed by atoms with Crippen LogP contribution in [0.5, 0.6) is 0 Å². The Hall–Kier alpha value is -3.79. The molecule has 4 aromatic rings. The van der Waals surface area contributed by atoms with Crippen molar-refractivity contribution >= 4 is 22.5 Å². The Morgan fingerprint density at radius 3 is 2.59 bits per heavy atom. The normalized spacial score (nSPS) is 14.1. The number of carbonyl (C=O) groups excluding carboxylic acids is 1. The van der Waals surface area contributed by atoms with Crippen molar-refractivity contribution in [2.75, 3.05) is 11.4 Å². The summed E-state index contributed by atoms with van der Waals surface area (Å²) in [6.07, 6.45) is -3.05. The molecule has 10 heteroatoms. The molecular weight excluding hydrogens is 447 g/mol. The molecule has 3 heterocycles. The minimum atomic E-state index is -4.43. The molecule has 0 radical (unpaired) electrons. The molecule has 7 nitrogen and oxygen atoms in total. The topological polar surface area (TPSA) is 84.1 Å². The van der Waals surface area contributed by atoms with Crippen LogP contribution in [-0.2, 0) is 19.3 Å². The van der Waals surface area contributed by atoms with Gasteiger partial charge in [-0.05, 0) is 55.8 Å². The fourth-order valence-electron chi connectivity index (χ4n) is 4.28. The molecule has 0 fully saturated rings. The molecule has 1 aliphatic rings. The van der Waals surface area contributed by atoms with Gasteiger partial charge in [-0.1, -0.05) is 0 Å². The minimum Gasteiger partial charge on any atom is -0.390 e. The lowest BCUT2D eigenvalue weighted by atomic mass is 10.1. The van der Waals surface area contributed by atoms with Gasteiger partial charge in [0.2, 0.25) is 0 Å². The maximum absolute atomic E-state index is 13.2. The Morgan fingerprint density at radius 1 is 1.09 bits per heavy atom. The number of fused-ring (bicyclic) bond motifs is 2. The van der Waals surface area contributed by atoms with E-state index in [4.69, 9.17) is 0 Å². The molecule has 1 amide bonds. The van der Waals surface area contributed by atoms with E-state index in [2.05, 4.69) is 15.1 Å². The zero-order valence-electron chi connectivity index (χ0n) is 18.4. The van der Waals surface area contributed by atoms with E-state index in [1.807, 2.05) is 19.1 Å². The van der Waals surface area contributed by atoms with Gasteiger partial charge in [0.1, 0.15) is 5.69 Å². The molecule has 2 aromatic heterocycles. The summed E-state index contributed by atoms with van der Waals surface area (Å²) in [6, 6.07) is 8.83. The van der Waals surface area contributed by atoms with E-state index in [0.29, 0.717) is 52.3 Å². The van der Waals surface area contributed by atoms with E-state index in [1.165, 1.54) is 12.3 Å². The number of aliphatic hydroxyl groups is 1. The predicted octanol–water partition coefficient (Wildman–Crippen LogP) is 4.28. The van der Waals surface area contributed by atoms with E-state index in [0.717, 1.165) is 23.4 Å². The molecule has 0 aliphatic carbocycles. The van der Waals surface area contributed by atoms with Gasteiger partial charge < -0.3 is 10.0 Å². The first-order valence-electron chi connectivity index (χ1n) is 10.6. The lowest BCUT2D eigenvalue weighted by molar-refractivity contribution is -0.137. The summed E-state index contributed by atoms with van der Waals surface area (Å²) in [5.41, 5.74) is 3.56. The Balaban J connectivity index is 1.46. The van der Waals surface area contributed by atoms with Crippen LogP contribution in [-0.4, -0.2) is 37.3 Å². The number of amides is 1. The van der Waals surface area contributed by atoms with Crippen LogP contribution in [0.1, 0.15) is 32.9 Å². The molecule has 34 heavy (non-hydrogen) atoms. The van der Waals surface area contributed by atoms with Gasteiger partial charge in [0.25, 0.3) is 5.91 Å². The number of hydrogen-bond acceptors (Lipinski definition) is 5. The van der Waals surface area contributed by atoms with Crippen LogP contribution >= 0.6 is 0 Å². The van der Waals surface area contributed by atoms with Crippen molar-refractivity contribution < 1.29 is 23.1 Å². The second-order valence-electron chi connectivity index (χ2n) is 8.22. The lowest BCUT2D eigenvalue weighted by Crippen LogP contribution is -2.41. The standard InChI is InChI=1S/C24H20F3N5O2/c1-13-9-15(22-28-11-16-10-17(24(25,26)27)4-5-18(16)29-22)3-6-20(13)31-7-8-32-21(23(31)34)14(2)19(12-33)30-32/h3-6,9-11,33H,7-8,12H2,1-2H3. The Kier molecular flexibility index (Phi) is 5.12. The summed E-state index contributed by atoms with van der Waals surface area (Å²) in [4.78, 5) is 23.6. The van der Waals surface area contributed by atoms with Crippen LogP contribution in [0.3, 0.4) is 0 Å². The number of alkyl halides is 3. The third-order valence-corrected chi connectivity index (χ3v) is 6.07. The van der Waals surface area contributed by atoms with Gasteiger partial charge in [0, 0.05) is 34.9 Å². The summed E-state index contributed by atoms with van der Waals surface area (Å²) in [6.45, 7) is 4.37. The number of benzene rings is 2. The highest BCUT2D eigenvalue weighted by Gasteiger charge is 2.32. The van der Waals surface area contributed by atoms with Crippen molar-refractivity contribution in [1.82, 2.24) is 19.7 Å². The molecule has 5 rings (SSSR count). The number of carbonyl (C=O) groups is 1. The van der Waals surface area contributed by atoms with E-state index >= 15 is 0 Å². The third kappa shape index (κ3) is 3.60. The molecule has 0 atom stereocenters. The van der Waals surface area contributed by atoms with Gasteiger partial charge in [-0.3, -0.25) is 9.48 Å². The molecule has 174 valence electrons. The molecule has 1 N–H and O–H groups in total. The van der Waals surface area contributed by atoms with Gasteiger partial charge >= 0.3 is 6.18 Å². The number of halogens is 3. The fraction of sp³-hybridized carbons (Fsp3) is 0.250. The highest BCUT2D eigenvalue weighted by Crippen LogP contribution is 2.32. The highest BCUT2D eigenvalue weighted by atomic mass is 19.4. The smallest absolute Gasteiger partial charge is 0.390 e. The van der Waals surface area contributed by atoms with Gasteiger partial charge in [0.15, 0.2) is 5.82 Å². The van der Waals surface area contributed by atoms with Crippen LogP contribution in [0.25, 0.3) is 22.3 Å². The molecular formula is C24H20F3N5O2.